The molecule has 140 valence electrons. The first kappa shape index (κ1) is 18.7. The van der Waals surface area contributed by atoms with Crippen LogP contribution >= 0.6 is 0 Å². The van der Waals surface area contributed by atoms with Crippen LogP contribution in [-0.4, -0.2) is 27.6 Å². The molecule has 0 aromatic heterocycles. The van der Waals surface area contributed by atoms with Crippen LogP contribution < -0.4 is 20.5 Å². The van der Waals surface area contributed by atoms with Gasteiger partial charge >= 0.3 is 6.03 Å². The van der Waals surface area contributed by atoms with Crippen LogP contribution in [0.4, 0.5) is 10.5 Å². The zero-order chi connectivity index (χ0) is 19.3. The number of nitrogens with two attached hydrogens (primary N) is 1. The molecule has 0 unspecified atom stereocenters. The number of fused-ring (bicyclic) bond motifs is 1. The molecule has 0 aliphatic heterocycles. The molecule has 0 heterocycles. The molecule has 0 spiro atoms. The molecule has 7 nitrogen and oxygen atoms in total. The summed E-state index contributed by atoms with van der Waals surface area (Å²) < 4.78 is 28.0. The number of urea groups is 1. The molecule has 0 fully saturated rings. The fourth-order valence-corrected chi connectivity index (χ4v) is 3.01. The summed E-state index contributed by atoms with van der Waals surface area (Å²) in [5.74, 6) is 0.731. The fourth-order valence-electron chi connectivity index (χ4n) is 2.49. The second-order valence-electron chi connectivity index (χ2n) is 5.81. The Morgan fingerprint density at radius 3 is 2.37 bits per heavy atom. The van der Waals surface area contributed by atoms with Crippen molar-refractivity contribution in [1.29, 1.82) is 0 Å². The predicted octanol–water partition coefficient (Wildman–Crippen LogP) is 2.69. The van der Waals surface area contributed by atoms with Gasteiger partial charge in [-0.15, -0.1) is 0 Å². The number of anilines is 1. The summed E-state index contributed by atoms with van der Waals surface area (Å²) in [6, 6.07) is 19.0. The van der Waals surface area contributed by atoms with Gasteiger partial charge in [0.25, 0.3) is 0 Å². The summed E-state index contributed by atoms with van der Waals surface area (Å²) in [6.45, 7) is 0.629. The molecule has 4 N–H and O–H groups in total. The van der Waals surface area contributed by atoms with Crippen molar-refractivity contribution in [2.45, 2.75) is 4.90 Å². The molecule has 0 aliphatic carbocycles. The Morgan fingerprint density at radius 1 is 0.963 bits per heavy atom. The SMILES string of the molecule is NS(=O)(=O)c1ccc(NC(=O)NCCOc2ccc3ccccc3c2)cc1. The Kier molecular flexibility index (Phi) is 5.58. The van der Waals surface area contributed by atoms with Crippen molar-refractivity contribution in [1.82, 2.24) is 5.32 Å². The van der Waals surface area contributed by atoms with Crippen LogP contribution in [-0.2, 0) is 10.0 Å². The average Bonchev–Trinajstić information content (AvgIpc) is 2.65. The van der Waals surface area contributed by atoms with Crippen molar-refractivity contribution >= 4 is 32.5 Å². The highest BCUT2D eigenvalue weighted by molar-refractivity contribution is 7.89. The number of hydrogen-bond acceptors (Lipinski definition) is 4. The summed E-state index contributed by atoms with van der Waals surface area (Å²) >= 11 is 0. The number of ether oxygens (including phenoxy) is 1. The normalized spacial score (nSPS) is 11.1. The van der Waals surface area contributed by atoms with Gasteiger partial charge in [-0.05, 0) is 47.2 Å². The summed E-state index contributed by atoms with van der Waals surface area (Å²) in [4.78, 5) is 11.8. The third-order valence-corrected chi connectivity index (χ3v) is 4.75. The van der Waals surface area contributed by atoms with E-state index >= 15 is 0 Å². The summed E-state index contributed by atoms with van der Waals surface area (Å²) in [5.41, 5.74) is 0.454. The van der Waals surface area contributed by atoms with Gasteiger partial charge in [-0.1, -0.05) is 30.3 Å². The van der Waals surface area contributed by atoms with Crippen molar-refractivity contribution in [3.05, 3.63) is 66.7 Å². The topological polar surface area (TPSA) is 111 Å². The molecule has 0 bridgehead atoms. The molecule has 0 saturated carbocycles. The van der Waals surface area contributed by atoms with E-state index in [-0.39, 0.29) is 4.90 Å². The van der Waals surface area contributed by atoms with E-state index in [0.29, 0.717) is 18.8 Å². The van der Waals surface area contributed by atoms with Gasteiger partial charge in [-0.25, -0.2) is 18.4 Å². The molecule has 0 saturated heterocycles. The van der Waals surface area contributed by atoms with E-state index in [4.69, 9.17) is 9.88 Å². The van der Waals surface area contributed by atoms with Gasteiger partial charge < -0.3 is 15.4 Å². The van der Waals surface area contributed by atoms with E-state index in [1.165, 1.54) is 24.3 Å². The first-order valence-electron chi connectivity index (χ1n) is 8.21. The molecule has 8 heteroatoms. The Bertz CT molecular complexity index is 1050. The van der Waals surface area contributed by atoms with Crippen LogP contribution in [0.1, 0.15) is 0 Å². The Hall–Kier alpha value is -3.10. The van der Waals surface area contributed by atoms with Crippen molar-refractivity contribution < 1.29 is 17.9 Å². The lowest BCUT2D eigenvalue weighted by atomic mass is 10.1. The molecular weight excluding hydrogens is 366 g/mol. The molecule has 3 rings (SSSR count). The van der Waals surface area contributed by atoms with Gasteiger partial charge in [0.1, 0.15) is 12.4 Å². The lowest BCUT2D eigenvalue weighted by molar-refractivity contribution is 0.247. The maximum atomic E-state index is 11.9. The zero-order valence-electron chi connectivity index (χ0n) is 14.4. The van der Waals surface area contributed by atoms with Gasteiger partial charge in [0, 0.05) is 5.69 Å². The van der Waals surface area contributed by atoms with Gasteiger partial charge in [-0.2, -0.15) is 0 Å². The maximum absolute atomic E-state index is 11.9. The number of carbonyl (C=O) groups excluding carboxylic acids is 1. The van der Waals surface area contributed by atoms with Crippen molar-refractivity contribution in [2.24, 2.45) is 5.14 Å². The highest BCUT2D eigenvalue weighted by atomic mass is 32.2. The number of benzene rings is 3. The molecule has 3 aromatic carbocycles. The van der Waals surface area contributed by atoms with E-state index in [9.17, 15) is 13.2 Å². The quantitative estimate of drug-likeness (QED) is 0.567. The maximum Gasteiger partial charge on any atom is 0.319 e. The third kappa shape index (κ3) is 5.19. The number of carbonyl (C=O) groups is 1. The van der Waals surface area contributed by atoms with Crippen molar-refractivity contribution in [2.75, 3.05) is 18.5 Å². The van der Waals surface area contributed by atoms with E-state index in [1.54, 1.807) is 0 Å². The smallest absolute Gasteiger partial charge is 0.319 e. The van der Waals surface area contributed by atoms with Crippen LogP contribution in [0, 0.1) is 0 Å². The lowest BCUT2D eigenvalue weighted by Gasteiger charge is -2.10. The molecule has 0 aliphatic rings. The Morgan fingerprint density at radius 2 is 1.67 bits per heavy atom. The number of hydrogen-bond donors (Lipinski definition) is 3. The third-order valence-electron chi connectivity index (χ3n) is 3.82. The van der Waals surface area contributed by atoms with Crippen LogP contribution in [0.15, 0.2) is 71.6 Å². The standard InChI is InChI=1S/C19H19N3O4S/c20-27(24,25)18-9-6-16(7-10-18)22-19(23)21-11-12-26-17-8-5-14-3-1-2-4-15(14)13-17/h1-10,13H,11-12H2,(H2,20,24,25)(H2,21,22,23). The second kappa shape index (κ2) is 8.07. The van der Waals surface area contributed by atoms with Gasteiger partial charge in [0.15, 0.2) is 0 Å². The molecule has 0 atom stereocenters. The van der Waals surface area contributed by atoms with Crippen molar-refractivity contribution in [3.8, 4) is 5.75 Å². The fraction of sp³-hybridized carbons (Fsp3) is 0.105. The van der Waals surface area contributed by atoms with E-state index in [1.807, 2.05) is 42.5 Å². The number of nitrogens with one attached hydrogen (secondary N) is 2. The van der Waals surface area contributed by atoms with E-state index < -0.39 is 16.1 Å². The first-order valence-corrected chi connectivity index (χ1v) is 9.76. The van der Waals surface area contributed by atoms with Crippen LogP contribution in [0.25, 0.3) is 10.8 Å². The van der Waals surface area contributed by atoms with Gasteiger partial charge in [0.05, 0.1) is 11.4 Å². The van der Waals surface area contributed by atoms with Crippen molar-refractivity contribution in [3.63, 3.8) is 0 Å². The second-order valence-corrected chi connectivity index (χ2v) is 7.37. The lowest BCUT2D eigenvalue weighted by Crippen LogP contribution is -2.32. The van der Waals surface area contributed by atoms with Crippen LogP contribution in [0.3, 0.4) is 0 Å². The largest absolute Gasteiger partial charge is 0.492 e. The number of amides is 2. The summed E-state index contributed by atoms with van der Waals surface area (Å²) in [6.07, 6.45) is 0. The monoisotopic (exact) mass is 385 g/mol. The summed E-state index contributed by atoms with van der Waals surface area (Å²) in [5, 5.41) is 12.5. The van der Waals surface area contributed by atoms with Gasteiger partial charge in [0.2, 0.25) is 10.0 Å². The Labute approximate surface area is 157 Å². The zero-order valence-corrected chi connectivity index (χ0v) is 15.2. The molecule has 0 radical (unpaired) electrons. The van der Waals surface area contributed by atoms with Crippen LogP contribution in [0.2, 0.25) is 0 Å². The Balaban J connectivity index is 1.45. The highest BCUT2D eigenvalue weighted by Crippen LogP contribution is 2.20. The minimum absolute atomic E-state index is 0.0164. The molecule has 27 heavy (non-hydrogen) atoms. The van der Waals surface area contributed by atoms with Gasteiger partial charge in [-0.3, -0.25) is 0 Å². The van der Waals surface area contributed by atoms with Crippen LogP contribution in [0.5, 0.6) is 5.75 Å². The molecular formula is C19H19N3O4S. The molecule has 3 aromatic rings. The average molecular weight is 385 g/mol. The van der Waals surface area contributed by atoms with E-state index in [2.05, 4.69) is 10.6 Å². The minimum Gasteiger partial charge on any atom is -0.492 e. The predicted molar refractivity (Wildman–Crippen MR) is 104 cm³/mol. The minimum atomic E-state index is -3.75. The number of rotatable bonds is 6. The summed E-state index contributed by atoms with van der Waals surface area (Å²) in [7, 11) is -3.75. The van der Waals surface area contributed by atoms with E-state index in [0.717, 1.165) is 16.5 Å². The molecule has 2 amide bonds. The highest BCUT2D eigenvalue weighted by Gasteiger charge is 2.08. The first-order chi connectivity index (χ1) is 12.9. The number of sulfonamides is 1. The number of primary sulfonamides is 1.